The maximum absolute atomic E-state index is 6.48. The Morgan fingerprint density at radius 3 is 2.78 bits per heavy atom. The Labute approximate surface area is 163 Å². The molecule has 0 unspecified atom stereocenters. The van der Waals surface area contributed by atoms with Crippen molar-refractivity contribution in [2.75, 3.05) is 13.3 Å². The van der Waals surface area contributed by atoms with Crippen LogP contribution in [0.2, 0.25) is 5.02 Å². The lowest BCUT2D eigenvalue weighted by Gasteiger charge is -2.22. The second kappa shape index (κ2) is 8.06. The molecule has 2 aromatic heterocycles. The van der Waals surface area contributed by atoms with Crippen LogP contribution in [0.15, 0.2) is 47.4 Å². The fourth-order valence-electron chi connectivity index (χ4n) is 3.22. The number of rotatable bonds is 8. The molecule has 7 heteroatoms. The highest BCUT2D eigenvalue weighted by Gasteiger charge is 2.18. The summed E-state index contributed by atoms with van der Waals surface area (Å²) in [6, 6.07) is 7.83. The first-order valence-corrected chi connectivity index (χ1v) is 9.36. The Bertz CT molecular complexity index is 892. The minimum atomic E-state index is 0.245. The third kappa shape index (κ3) is 4.46. The molecule has 0 saturated heterocycles. The molecule has 1 aliphatic heterocycles. The number of hydrogen-bond donors (Lipinski definition) is 0. The molecule has 27 heavy (non-hydrogen) atoms. The van der Waals surface area contributed by atoms with Gasteiger partial charge in [0.15, 0.2) is 11.5 Å². The van der Waals surface area contributed by atoms with Crippen LogP contribution in [0.3, 0.4) is 0 Å². The van der Waals surface area contributed by atoms with Crippen molar-refractivity contribution >= 4 is 11.6 Å². The van der Waals surface area contributed by atoms with E-state index in [1.807, 2.05) is 43.7 Å². The molecule has 0 fully saturated rings. The summed E-state index contributed by atoms with van der Waals surface area (Å²) < 4.78 is 18.8. The molecule has 0 N–H and O–H groups in total. The number of halogens is 1. The average Bonchev–Trinajstić information content (AvgIpc) is 3.38. The highest BCUT2D eigenvalue weighted by molar-refractivity contribution is 6.31. The van der Waals surface area contributed by atoms with Gasteiger partial charge in [-0.2, -0.15) is 0 Å². The highest BCUT2D eigenvalue weighted by atomic mass is 35.5. The first-order valence-electron chi connectivity index (χ1n) is 8.99. The number of aromatic nitrogens is 2. The zero-order valence-corrected chi connectivity index (χ0v) is 16.0. The van der Waals surface area contributed by atoms with Crippen LogP contribution in [0.5, 0.6) is 11.5 Å². The number of fused-ring (bicyclic) bond motifs is 1. The molecule has 3 aromatic rings. The summed E-state index contributed by atoms with van der Waals surface area (Å²) >= 11 is 6.48. The van der Waals surface area contributed by atoms with E-state index in [-0.39, 0.29) is 6.79 Å². The van der Waals surface area contributed by atoms with E-state index >= 15 is 0 Å². The fourth-order valence-corrected chi connectivity index (χ4v) is 3.44. The molecule has 0 bridgehead atoms. The Balaban J connectivity index is 1.46. The predicted molar refractivity (Wildman–Crippen MR) is 102 cm³/mol. The number of imidazole rings is 1. The van der Waals surface area contributed by atoms with Crippen LogP contribution in [0.1, 0.15) is 23.5 Å². The molecule has 1 aliphatic rings. The number of ether oxygens (including phenoxy) is 2. The molecule has 0 radical (unpaired) electrons. The number of aryl methyl sites for hydroxylation is 2. The Kier molecular flexibility index (Phi) is 5.36. The summed E-state index contributed by atoms with van der Waals surface area (Å²) in [6.07, 6.45) is 6.62. The molecule has 0 amide bonds. The minimum absolute atomic E-state index is 0.245. The van der Waals surface area contributed by atoms with Gasteiger partial charge in [-0.3, -0.25) is 4.90 Å². The van der Waals surface area contributed by atoms with Crippen molar-refractivity contribution in [1.82, 2.24) is 14.5 Å². The van der Waals surface area contributed by atoms with E-state index in [1.54, 1.807) is 6.20 Å². The molecule has 1 aromatic carbocycles. The van der Waals surface area contributed by atoms with Crippen LogP contribution in [-0.2, 0) is 19.6 Å². The zero-order chi connectivity index (χ0) is 18.6. The predicted octanol–water partition coefficient (Wildman–Crippen LogP) is 4.26. The maximum Gasteiger partial charge on any atom is 0.231 e. The van der Waals surface area contributed by atoms with E-state index < -0.39 is 0 Å². The number of hydrogen-bond acceptors (Lipinski definition) is 5. The number of benzene rings is 1. The second-order valence-electron chi connectivity index (χ2n) is 6.67. The molecule has 142 valence electrons. The molecule has 0 atom stereocenters. The molecule has 3 heterocycles. The van der Waals surface area contributed by atoms with Crippen molar-refractivity contribution in [2.45, 2.75) is 33.0 Å². The summed E-state index contributed by atoms with van der Waals surface area (Å²) in [5, 5.41) is 0.689. The van der Waals surface area contributed by atoms with Gasteiger partial charge in [-0.15, -0.1) is 0 Å². The molecule has 0 saturated carbocycles. The Hall–Kier alpha value is -2.44. The van der Waals surface area contributed by atoms with E-state index in [9.17, 15) is 0 Å². The number of nitrogens with zero attached hydrogens (tertiary/aromatic N) is 3. The third-order valence-electron chi connectivity index (χ3n) is 4.56. The molecular weight excluding hydrogens is 366 g/mol. The van der Waals surface area contributed by atoms with Gasteiger partial charge < -0.3 is 18.5 Å². The van der Waals surface area contributed by atoms with Gasteiger partial charge in [-0.25, -0.2) is 4.98 Å². The average molecular weight is 388 g/mol. The van der Waals surface area contributed by atoms with Gasteiger partial charge in [0.05, 0.1) is 12.9 Å². The standard InChI is InChI=1S/C20H22ClN3O3/c1-15-3-4-17(27-15)12-24(7-2-6-23-8-5-22-13-23)11-16-9-19-20(10-18(16)21)26-14-25-19/h3-5,8-10,13H,2,6-7,11-12,14H2,1H3. The van der Waals surface area contributed by atoms with Crippen molar-refractivity contribution < 1.29 is 13.9 Å². The summed E-state index contributed by atoms with van der Waals surface area (Å²) in [7, 11) is 0. The van der Waals surface area contributed by atoms with Gasteiger partial charge in [-0.1, -0.05) is 11.6 Å². The molecular formula is C20H22ClN3O3. The molecule has 6 nitrogen and oxygen atoms in total. The molecule has 0 spiro atoms. The van der Waals surface area contributed by atoms with E-state index in [2.05, 4.69) is 14.5 Å². The lowest BCUT2D eigenvalue weighted by molar-refractivity contribution is 0.174. The quantitative estimate of drug-likeness (QED) is 0.578. The van der Waals surface area contributed by atoms with Crippen LogP contribution in [0, 0.1) is 6.92 Å². The van der Waals surface area contributed by atoms with Crippen molar-refractivity contribution in [3.8, 4) is 11.5 Å². The monoisotopic (exact) mass is 387 g/mol. The smallest absolute Gasteiger partial charge is 0.231 e. The zero-order valence-electron chi connectivity index (χ0n) is 15.2. The van der Waals surface area contributed by atoms with Crippen LogP contribution in [0.4, 0.5) is 0 Å². The van der Waals surface area contributed by atoms with Crippen molar-refractivity contribution in [3.05, 3.63) is 65.1 Å². The normalized spacial score (nSPS) is 12.9. The fraction of sp³-hybridized carbons (Fsp3) is 0.350. The highest BCUT2D eigenvalue weighted by Crippen LogP contribution is 2.37. The molecule has 0 aliphatic carbocycles. The lowest BCUT2D eigenvalue weighted by atomic mass is 10.1. The first kappa shape index (κ1) is 17.9. The van der Waals surface area contributed by atoms with Crippen LogP contribution < -0.4 is 9.47 Å². The van der Waals surface area contributed by atoms with Gasteiger partial charge in [0.1, 0.15) is 11.5 Å². The van der Waals surface area contributed by atoms with E-state index in [4.69, 9.17) is 25.5 Å². The SMILES string of the molecule is Cc1ccc(CN(CCCn2ccnc2)Cc2cc3c(cc2Cl)OCO3)o1. The van der Waals surface area contributed by atoms with Gasteiger partial charge in [0.25, 0.3) is 0 Å². The van der Waals surface area contributed by atoms with E-state index in [0.29, 0.717) is 17.3 Å². The Morgan fingerprint density at radius 2 is 2.04 bits per heavy atom. The van der Waals surface area contributed by atoms with E-state index in [0.717, 1.165) is 48.9 Å². The topological polar surface area (TPSA) is 52.7 Å². The van der Waals surface area contributed by atoms with Crippen molar-refractivity contribution in [2.24, 2.45) is 0 Å². The summed E-state index contributed by atoms with van der Waals surface area (Å²) in [5.41, 5.74) is 1.02. The first-order chi connectivity index (χ1) is 13.2. The second-order valence-corrected chi connectivity index (χ2v) is 7.08. The maximum atomic E-state index is 6.48. The van der Waals surface area contributed by atoms with E-state index in [1.165, 1.54) is 0 Å². The largest absolute Gasteiger partial charge is 0.465 e. The Morgan fingerprint density at radius 1 is 1.19 bits per heavy atom. The van der Waals surface area contributed by atoms with Gasteiger partial charge in [-0.05, 0) is 37.1 Å². The van der Waals surface area contributed by atoms with Crippen LogP contribution in [0.25, 0.3) is 0 Å². The van der Waals surface area contributed by atoms with Crippen LogP contribution in [-0.4, -0.2) is 27.8 Å². The minimum Gasteiger partial charge on any atom is -0.465 e. The van der Waals surface area contributed by atoms with Gasteiger partial charge in [0, 0.05) is 43.1 Å². The molecule has 4 rings (SSSR count). The number of furan rings is 1. The summed E-state index contributed by atoms with van der Waals surface area (Å²) in [5.74, 6) is 3.33. The van der Waals surface area contributed by atoms with Crippen molar-refractivity contribution in [3.63, 3.8) is 0 Å². The third-order valence-corrected chi connectivity index (χ3v) is 4.91. The summed E-state index contributed by atoms with van der Waals surface area (Å²) in [6.45, 7) is 5.46. The summed E-state index contributed by atoms with van der Waals surface area (Å²) in [4.78, 5) is 6.43. The van der Waals surface area contributed by atoms with Gasteiger partial charge >= 0.3 is 0 Å². The van der Waals surface area contributed by atoms with Crippen LogP contribution >= 0.6 is 11.6 Å². The van der Waals surface area contributed by atoms with Crippen molar-refractivity contribution in [1.29, 1.82) is 0 Å². The lowest BCUT2D eigenvalue weighted by Crippen LogP contribution is -2.25. The van der Waals surface area contributed by atoms with Gasteiger partial charge in [0.2, 0.25) is 6.79 Å².